The number of rotatable bonds is 9. The van der Waals surface area contributed by atoms with Crippen molar-refractivity contribution < 1.29 is 22.7 Å². The number of pyridine rings is 1. The van der Waals surface area contributed by atoms with Gasteiger partial charge in [-0.2, -0.15) is 13.2 Å². The lowest BCUT2D eigenvalue weighted by molar-refractivity contribution is -0.153. The van der Waals surface area contributed by atoms with Crippen molar-refractivity contribution in [3.8, 4) is 5.75 Å². The highest BCUT2D eigenvalue weighted by molar-refractivity contribution is 14.0. The number of hydrogen-bond acceptors (Lipinski definition) is 4. The second kappa shape index (κ2) is 13.7. The Kier molecular flexibility index (Phi) is 11.7. The molecule has 0 bridgehead atoms. The molecule has 0 aliphatic rings. The third-order valence-electron chi connectivity index (χ3n) is 3.72. The van der Waals surface area contributed by atoms with E-state index in [2.05, 4.69) is 30.7 Å². The Bertz CT molecular complexity index is 818. The number of carbonyl (C=O) groups excluding carboxylic acids is 1. The number of nitrogens with zero attached hydrogens (tertiary/aromatic N) is 2. The molecule has 0 spiro atoms. The number of carbonyl (C=O) groups is 1. The van der Waals surface area contributed by atoms with Crippen LogP contribution in [0, 0.1) is 0 Å². The van der Waals surface area contributed by atoms with Crippen LogP contribution >= 0.6 is 24.0 Å². The quantitative estimate of drug-likeness (QED) is 0.193. The van der Waals surface area contributed by atoms with Gasteiger partial charge in [-0.3, -0.25) is 9.78 Å². The van der Waals surface area contributed by atoms with Gasteiger partial charge < -0.3 is 20.7 Å². The maximum atomic E-state index is 12.2. The Balaban J connectivity index is 0.00000480. The fraction of sp³-hybridized carbons (Fsp3) is 0.350. The summed E-state index contributed by atoms with van der Waals surface area (Å²) in [6.07, 6.45) is -1.28. The zero-order chi connectivity index (χ0) is 21.8. The second-order valence-corrected chi connectivity index (χ2v) is 6.17. The zero-order valence-electron chi connectivity index (χ0n) is 16.9. The van der Waals surface area contributed by atoms with Crippen molar-refractivity contribution in [2.45, 2.75) is 19.6 Å². The fourth-order valence-electron chi connectivity index (χ4n) is 2.32. The zero-order valence-corrected chi connectivity index (χ0v) is 19.2. The van der Waals surface area contributed by atoms with Crippen molar-refractivity contribution in [1.29, 1.82) is 0 Å². The van der Waals surface area contributed by atoms with Gasteiger partial charge in [0, 0.05) is 32.0 Å². The van der Waals surface area contributed by atoms with Crippen LogP contribution in [0.3, 0.4) is 0 Å². The number of benzene rings is 1. The lowest BCUT2D eigenvalue weighted by atomic mass is 10.2. The van der Waals surface area contributed by atoms with Gasteiger partial charge in [0.2, 0.25) is 0 Å². The minimum absolute atomic E-state index is 0. The summed E-state index contributed by atoms with van der Waals surface area (Å²) < 4.78 is 41.2. The Morgan fingerprint density at radius 2 is 1.81 bits per heavy atom. The molecule has 1 heterocycles. The van der Waals surface area contributed by atoms with Crippen molar-refractivity contribution in [2.75, 3.05) is 26.2 Å². The summed E-state index contributed by atoms with van der Waals surface area (Å²) in [7, 11) is 0. The Morgan fingerprint density at radius 1 is 1.10 bits per heavy atom. The number of aromatic nitrogens is 1. The molecule has 1 aromatic heterocycles. The maximum Gasteiger partial charge on any atom is 0.422 e. The minimum atomic E-state index is -4.37. The molecule has 11 heteroatoms. The van der Waals surface area contributed by atoms with E-state index in [-0.39, 0.29) is 35.6 Å². The smallest absolute Gasteiger partial charge is 0.422 e. The van der Waals surface area contributed by atoms with E-state index in [0.717, 1.165) is 5.56 Å². The van der Waals surface area contributed by atoms with Gasteiger partial charge >= 0.3 is 6.18 Å². The standard InChI is InChI=1S/C20H24F3N5O2.HI/c1-2-25-19(27-11-10-26-18(29)16-4-3-9-24-13-16)28-12-15-5-7-17(8-6-15)30-14-20(21,22)23;/h3-9,13H,2,10-12,14H2,1H3,(H,26,29)(H2,25,27,28);1H. The molecular formula is C20H25F3IN5O2. The van der Waals surface area contributed by atoms with E-state index in [1.165, 1.54) is 18.3 Å². The van der Waals surface area contributed by atoms with Crippen LogP contribution in [0.15, 0.2) is 53.8 Å². The second-order valence-electron chi connectivity index (χ2n) is 6.17. The van der Waals surface area contributed by atoms with Crippen LogP contribution in [-0.4, -0.2) is 49.3 Å². The molecule has 0 aliphatic heterocycles. The number of hydrogen-bond donors (Lipinski definition) is 3. The molecule has 0 saturated carbocycles. The summed E-state index contributed by atoms with van der Waals surface area (Å²) >= 11 is 0. The predicted octanol–water partition coefficient (Wildman–Crippen LogP) is 3.13. The molecule has 1 amide bonds. The van der Waals surface area contributed by atoms with Crippen molar-refractivity contribution >= 4 is 35.8 Å². The monoisotopic (exact) mass is 551 g/mol. The number of aliphatic imine (C=N–C) groups is 1. The highest BCUT2D eigenvalue weighted by atomic mass is 127. The average molecular weight is 551 g/mol. The van der Waals surface area contributed by atoms with Gasteiger partial charge in [-0.15, -0.1) is 24.0 Å². The van der Waals surface area contributed by atoms with E-state index < -0.39 is 12.8 Å². The van der Waals surface area contributed by atoms with Crippen LogP contribution in [-0.2, 0) is 6.54 Å². The number of halogens is 4. The van der Waals surface area contributed by atoms with Crippen LogP contribution in [0.5, 0.6) is 5.75 Å². The summed E-state index contributed by atoms with van der Waals surface area (Å²) in [5.74, 6) is 0.500. The third kappa shape index (κ3) is 10.9. The number of alkyl halides is 3. The molecule has 170 valence electrons. The Morgan fingerprint density at radius 3 is 2.42 bits per heavy atom. The first-order chi connectivity index (χ1) is 14.4. The van der Waals surface area contributed by atoms with Crippen LogP contribution in [0.4, 0.5) is 13.2 Å². The summed E-state index contributed by atoms with van der Waals surface area (Å²) in [6.45, 7) is 2.44. The summed E-state index contributed by atoms with van der Waals surface area (Å²) in [6, 6.07) is 9.65. The topological polar surface area (TPSA) is 87.6 Å². The molecule has 0 radical (unpaired) electrons. The largest absolute Gasteiger partial charge is 0.484 e. The molecular weight excluding hydrogens is 526 g/mol. The van der Waals surface area contributed by atoms with E-state index >= 15 is 0 Å². The molecule has 7 nitrogen and oxygen atoms in total. The van der Waals surface area contributed by atoms with Gasteiger partial charge in [-0.25, -0.2) is 4.99 Å². The number of amides is 1. The Hall–Kier alpha value is -2.57. The predicted molar refractivity (Wildman–Crippen MR) is 123 cm³/mol. The molecule has 1 aromatic carbocycles. The first-order valence-electron chi connectivity index (χ1n) is 9.36. The Labute approximate surface area is 195 Å². The lowest BCUT2D eigenvalue weighted by Gasteiger charge is -2.12. The van der Waals surface area contributed by atoms with E-state index in [9.17, 15) is 18.0 Å². The molecule has 0 atom stereocenters. The molecule has 31 heavy (non-hydrogen) atoms. The van der Waals surface area contributed by atoms with Gasteiger partial charge in [0.05, 0.1) is 12.1 Å². The van der Waals surface area contributed by atoms with Gasteiger partial charge in [-0.05, 0) is 36.8 Å². The molecule has 2 aromatic rings. The number of guanidine groups is 1. The van der Waals surface area contributed by atoms with Crippen molar-refractivity contribution in [3.63, 3.8) is 0 Å². The van der Waals surface area contributed by atoms with E-state index in [1.54, 1.807) is 30.5 Å². The van der Waals surface area contributed by atoms with Gasteiger partial charge in [0.25, 0.3) is 5.91 Å². The molecule has 3 N–H and O–H groups in total. The molecule has 0 saturated heterocycles. The van der Waals surface area contributed by atoms with E-state index in [1.807, 2.05) is 6.92 Å². The van der Waals surface area contributed by atoms with Gasteiger partial charge in [0.1, 0.15) is 5.75 Å². The molecule has 0 fully saturated rings. The van der Waals surface area contributed by atoms with E-state index in [0.29, 0.717) is 37.7 Å². The average Bonchev–Trinajstić information content (AvgIpc) is 2.74. The molecule has 2 rings (SSSR count). The minimum Gasteiger partial charge on any atom is -0.484 e. The van der Waals surface area contributed by atoms with Gasteiger partial charge in [0.15, 0.2) is 12.6 Å². The van der Waals surface area contributed by atoms with Crippen LogP contribution < -0.4 is 20.7 Å². The molecule has 0 aliphatic carbocycles. The van der Waals surface area contributed by atoms with Crippen molar-refractivity contribution in [1.82, 2.24) is 20.9 Å². The number of ether oxygens (including phenoxy) is 1. The van der Waals surface area contributed by atoms with Crippen LogP contribution in [0.2, 0.25) is 0 Å². The fourth-order valence-corrected chi connectivity index (χ4v) is 2.32. The highest BCUT2D eigenvalue weighted by Crippen LogP contribution is 2.19. The first-order valence-corrected chi connectivity index (χ1v) is 9.36. The number of nitrogens with one attached hydrogen (secondary N) is 3. The summed E-state index contributed by atoms with van der Waals surface area (Å²) in [4.78, 5) is 20.3. The van der Waals surface area contributed by atoms with Crippen molar-refractivity contribution in [2.24, 2.45) is 4.99 Å². The van der Waals surface area contributed by atoms with E-state index in [4.69, 9.17) is 0 Å². The SMILES string of the molecule is CCNC(=NCc1ccc(OCC(F)(F)F)cc1)NCCNC(=O)c1cccnc1.I. The highest BCUT2D eigenvalue weighted by Gasteiger charge is 2.28. The third-order valence-corrected chi connectivity index (χ3v) is 3.72. The first kappa shape index (κ1) is 26.5. The maximum absolute atomic E-state index is 12.2. The lowest BCUT2D eigenvalue weighted by Crippen LogP contribution is -2.41. The van der Waals surface area contributed by atoms with Crippen molar-refractivity contribution in [3.05, 3.63) is 59.9 Å². The molecule has 0 unspecified atom stereocenters. The summed E-state index contributed by atoms with van der Waals surface area (Å²) in [5, 5.41) is 8.97. The van der Waals surface area contributed by atoms with Crippen LogP contribution in [0.1, 0.15) is 22.8 Å². The van der Waals surface area contributed by atoms with Crippen LogP contribution in [0.25, 0.3) is 0 Å². The van der Waals surface area contributed by atoms with Gasteiger partial charge in [-0.1, -0.05) is 12.1 Å². The normalized spacial score (nSPS) is 11.3. The summed E-state index contributed by atoms with van der Waals surface area (Å²) in [5.41, 5.74) is 1.30.